The molecule has 0 aromatic carbocycles. The van der Waals surface area contributed by atoms with Crippen molar-refractivity contribution in [2.24, 2.45) is 0 Å². The number of hydrogen-bond acceptors (Lipinski definition) is 6. The zero-order chi connectivity index (χ0) is 55.0. The minimum absolute atomic E-state index is 0.101. The van der Waals surface area contributed by atoms with Crippen LogP contribution in [0.1, 0.15) is 335 Å². The normalized spacial score (nSPS) is 12.5. The first-order valence-corrected chi connectivity index (χ1v) is 32.9. The Kier molecular flexibility index (Phi) is 61.7. The van der Waals surface area contributed by atoms with Crippen LogP contribution in [-0.4, -0.2) is 37.2 Å². The number of hydrogen-bond donors (Lipinski definition) is 0. The molecular weight excluding hydrogens is 937 g/mol. The largest absolute Gasteiger partial charge is 0.462 e. The van der Waals surface area contributed by atoms with Gasteiger partial charge >= 0.3 is 17.9 Å². The van der Waals surface area contributed by atoms with E-state index in [-0.39, 0.29) is 37.5 Å². The molecule has 1 atom stereocenters. The fourth-order valence-corrected chi connectivity index (χ4v) is 9.59. The fourth-order valence-electron chi connectivity index (χ4n) is 9.59. The van der Waals surface area contributed by atoms with Crippen LogP contribution in [0.2, 0.25) is 0 Å². The van der Waals surface area contributed by atoms with Gasteiger partial charge in [-0.15, -0.1) is 0 Å². The maximum Gasteiger partial charge on any atom is 0.306 e. The quantitative estimate of drug-likeness (QED) is 0.0261. The van der Waals surface area contributed by atoms with Crippen molar-refractivity contribution in [2.45, 2.75) is 341 Å². The zero-order valence-corrected chi connectivity index (χ0v) is 50.5. The maximum atomic E-state index is 12.9. The topological polar surface area (TPSA) is 78.9 Å². The van der Waals surface area contributed by atoms with E-state index < -0.39 is 6.10 Å². The third-order valence-corrected chi connectivity index (χ3v) is 14.5. The maximum absolute atomic E-state index is 12.9. The molecule has 0 aliphatic carbocycles. The lowest BCUT2D eigenvalue weighted by Crippen LogP contribution is -2.30. The summed E-state index contributed by atoms with van der Waals surface area (Å²) in [6.07, 6.45) is 83.6. The predicted octanol–water partition coefficient (Wildman–Crippen LogP) is 22.5. The second-order valence-electron chi connectivity index (χ2n) is 22.0. The van der Waals surface area contributed by atoms with Gasteiger partial charge in [-0.3, -0.25) is 14.4 Å². The smallest absolute Gasteiger partial charge is 0.306 e. The molecule has 0 radical (unpaired) electrons. The molecule has 0 aromatic rings. The van der Waals surface area contributed by atoms with Gasteiger partial charge in [0.15, 0.2) is 6.10 Å². The Morgan fingerprint density at radius 1 is 0.276 bits per heavy atom. The molecule has 0 heterocycles. The molecule has 0 aliphatic heterocycles. The van der Waals surface area contributed by atoms with E-state index in [0.29, 0.717) is 19.3 Å². The van der Waals surface area contributed by atoms with Gasteiger partial charge in [0.1, 0.15) is 13.2 Å². The summed E-state index contributed by atoms with van der Waals surface area (Å²) < 4.78 is 16.9. The van der Waals surface area contributed by atoms with Gasteiger partial charge in [-0.25, -0.2) is 0 Å². The summed E-state index contributed by atoms with van der Waals surface area (Å²) in [7, 11) is 0. The summed E-state index contributed by atoms with van der Waals surface area (Å²) in [5.74, 6) is -0.965. The third-order valence-electron chi connectivity index (χ3n) is 14.5. The molecule has 0 aliphatic rings. The van der Waals surface area contributed by atoms with Crippen LogP contribution in [0.25, 0.3) is 0 Å². The molecule has 0 aromatic heterocycles. The summed E-state index contributed by atoms with van der Waals surface area (Å²) in [4.78, 5) is 38.3. The Hall–Kier alpha value is -3.15. The van der Waals surface area contributed by atoms with E-state index in [1.165, 1.54) is 212 Å². The molecule has 0 rings (SSSR count). The van der Waals surface area contributed by atoms with E-state index in [2.05, 4.69) is 87.6 Å². The van der Waals surface area contributed by atoms with Crippen LogP contribution in [0.3, 0.4) is 0 Å². The first-order chi connectivity index (χ1) is 37.5. The Bertz CT molecular complexity index is 1400. The first-order valence-electron chi connectivity index (χ1n) is 32.9. The molecule has 76 heavy (non-hydrogen) atoms. The number of esters is 3. The molecule has 6 heteroatoms. The van der Waals surface area contributed by atoms with E-state index in [0.717, 1.165) is 77.0 Å². The molecule has 440 valence electrons. The predicted molar refractivity (Wildman–Crippen MR) is 330 cm³/mol. The summed E-state index contributed by atoms with van der Waals surface area (Å²) in [6.45, 7) is 6.52. The molecule has 6 nitrogen and oxygen atoms in total. The summed E-state index contributed by atoms with van der Waals surface area (Å²) in [6, 6.07) is 0. The third kappa shape index (κ3) is 61.7. The van der Waals surface area contributed by atoms with Crippen molar-refractivity contribution in [3.8, 4) is 0 Å². The molecule has 0 fully saturated rings. The van der Waals surface area contributed by atoms with Crippen molar-refractivity contribution < 1.29 is 28.6 Å². The van der Waals surface area contributed by atoms with Gasteiger partial charge in [-0.2, -0.15) is 0 Å². The van der Waals surface area contributed by atoms with Gasteiger partial charge in [-0.1, -0.05) is 331 Å². The molecule has 0 saturated carbocycles. The van der Waals surface area contributed by atoms with E-state index >= 15 is 0 Å². The molecule has 1 unspecified atom stereocenters. The first kappa shape index (κ1) is 72.8. The van der Waals surface area contributed by atoms with Gasteiger partial charge in [-0.05, 0) is 57.8 Å². The highest BCUT2D eigenvalue weighted by Gasteiger charge is 2.19. The lowest BCUT2D eigenvalue weighted by atomic mass is 10.0. The fraction of sp³-hybridized carbons (Fsp3) is 0.786. The Morgan fingerprint density at radius 3 is 0.776 bits per heavy atom. The van der Waals surface area contributed by atoms with Crippen molar-refractivity contribution in [3.63, 3.8) is 0 Å². The van der Waals surface area contributed by atoms with Crippen LogP contribution in [0.4, 0.5) is 0 Å². The van der Waals surface area contributed by atoms with Gasteiger partial charge < -0.3 is 14.2 Å². The molecule has 0 N–H and O–H groups in total. The number of ether oxygens (including phenoxy) is 3. The average Bonchev–Trinajstić information content (AvgIpc) is 3.42. The summed E-state index contributed by atoms with van der Waals surface area (Å²) in [5.41, 5.74) is 0. The van der Waals surface area contributed by atoms with Crippen LogP contribution >= 0.6 is 0 Å². The van der Waals surface area contributed by atoms with Crippen molar-refractivity contribution in [2.75, 3.05) is 13.2 Å². The Morgan fingerprint density at radius 2 is 0.513 bits per heavy atom. The van der Waals surface area contributed by atoms with E-state index in [9.17, 15) is 14.4 Å². The monoisotopic (exact) mass is 1060 g/mol. The highest BCUT2D eigenvalue weighted by Crippen LogP contribution is 2.18. The van der Waals surface area contributed by atoms with Crippen LogP contribution in [0.5, 0.6) is 0 Å². The molecule has 0 saturated heterocycles. The molecular formula is C70H124O6. The Labute approximate surface area is 472 Å². The van der Waals surface area contributed by atoms with E-state index in [1.54, 1.807) is 0 Å². The Balaban J connectivity index is 4.43. The van der Waals surface area contributed by atoms with Crippen molar-refractivity contribution >= 4 is 17.9 Å². The minimum Gasteiger partial charge on any atom is -0.462 e. The van der Waals surface area contributed by atoms with Gasteiger partial charge in [0.25, 0.3) is 0 Å². The van der Waals surface area contributed by atoms with Crippen molar-refractivity contribution in [1.29, 1.82) is 0 Å². The second kappa shape index (κ2) is 64.4. The number of unbranched alkanes of at least 4 members (excludes halogenated alkanes) is 37. The average molecular weight is 1060 g/mol. The minimum atomic E-state index is -0.814. The number of carbonyl (C=O) groups excluding carboxylic acids is 3. The van der Waals surface area contributed by atoms with Crippen LogP contribution in [0, 0.1) is 0 Å². The van der Waals surface area contributed by atoms with Gasteiger partial charge in [0.2, 0.25) is 0 Å². The SMILES string of the molecule is CC/C=C\C/C=C\C/C=C\C/C=C\C/C=C\C/C=C\CCC(=O)OC(COC(=O)CCCCCCCCCCCCCCCCCCCCC)COC(=O)CCCCCCCCCCCCCCCCCCCCCC. The lowest BCUT2D eigenvalue weighted by Gasteiger charge is -2.18. The van der Waals surface area contributed by atoms with Crippen LogP contribution in [-0.2, 0) is 28.6 Å². The number of allylic oxidation sites excluding steroid dienone is 12. The molecule has 0 spiro atoms. The second-order valence-corrected chi connectivity index (χ2v) is 22.0. The summed E-state index contributed by atoms with van der Waals surface area (Å²) >= 11 is 0. The molecule has 0 bridgehead atoms. The lowest BCUT2D eigenvalue weighted by molar-refractivity contribution is -0.166. The van der Waals surface area contributed by atoms with Gasteiger partial charge in [0.05, 0.1) is 0 Å². The zero-order valence-electron chi connectivity index (χ0n) is 50.5. The van der Waals surface area contributed by atoms with Crippen LogP contribution < -0.4 is 0 Å². The van der Waals surface area contributed by atoms with E-state index in [1.807, 2.05) is 6.08 Å². The number of carbonyl (C=O) groups is 3. The van der Waals surface area contributed by atoms with Crippen molar-refractivity contribution in [3.05, 3.63) is 72.9 Å². The standard InChI is InChI=1S/C70H124O6/c1-4-7-10-13-16-19-22-25-28-31-34-37-39-42-45-48-51-54-57-60-63-69(72)75-66-67(76-70(73)64-61-58-55-52-49-46-43-40-36-33-30-27-24-21-18-15-12-9-6-3)65-74-68(71)62-59-56-53-50-47-44-41-38-35-32-29-26-23-20-17-14-11-8-5-2/h9,12,18,21,27,30,36,40,46,49,55,58,67H,4-8,10-11,13-17,19-20,22-26,28-29,31-35,37-39,41-45,47-48,50-54,56-57,59-66H2,1-3H3/b12-9-,21-18-,30-27-,40-36-,49-46-,58-55-. The highest BCUT2D eigenvalue weighted by molar-refractivity contribution is 5.71. The van der Waals surface area contributed by atoms with Crippen LogP contribution in [0.15, 0.2) is 72.9 Å². The molecule has 0 amide bonds. The van der Waals surface area contributed by atoms with Crippen molar-refractivity contribution in [1.82, 2.24) is 0 Å². The number of rotatable bonds is 60. The highest BCUT2D eigenvalue weighted by atomic mass is 16.6. The van der Waals surface area contributed by atoms with Gasteiger partial charge in [0, 0.05) is 19.3 Å². The van der Waals surface area contributed by atoms with E-state index in [4.69, 9.17) is 14.2 Å². The summed E-state index contributed by atoms with van der Waals surface area (Å²) in [5, 5.41) is 0.